The fraction of sp³-hybridized carbons (Fsp3) is 0.273. The molecule has 3 aromatic rings. The van der Waals surface area contributed by atoms with E-state index in [1.807, 2.05) is 5.38 Å². The fourth-order valence-electron chi connectivity index (χ4n) is 3.51. The molecule has 0 bridgehead atoms. The van der Waals surface area contributed by atoms with Gasteiger partial charge in [0.2, 0.25) is 4.80 Å². The largest absolute Gasteiger partial charge is 0.508 e. The maximum absolute atomic E-state index is 10.1. The summed E-state index contributed by atoms with van der Waals surface area (Å²) in [5.74, 6) is -0.0603. The van der Waals surface area contributed by atoms with Crippen molar-refractivity contribution in [3.8, 4) is 22.8 Å². The van der Waals surface area contributed by atoms with Gasteiger partial charge in [-0.25, -0.2) is 4.68 Å². The van der Waals surface area contributed by atoms with E-state index in [1.54, 1.807) is 35.2 Å². The summed E-state index contributed by atoms with van der Waals surface area (Å²) in [6.45, 7) is 0. The van der Waals surface area contributed by atoms with Crippen LogP contribution in [0.5, 0.6) is 11.5 Å². The molecule has 1 aliphatic rings. The molecule has 0 atom stereocenters. The van der Waals surface area contributed by atoms with Gasteiger partial charge in [-0.15, -0.1) is 11.3 Å². The highest BCUT2D eigenvalue weighted by molar-refractivity contribution is 7.07. The number of halogens is 2. The van der Waals surface area contributed by atoms with E-state index >= 15 is 0 Å². The van der Waals surface area contributed by atoms with Crippen LogP contribution in [0.3, 0.4) is 0 Å². The van der Waals surface area contributed by atoms with Gasteiger partial charge in [0.05, 0.1) is 23.0 Å². The van der Waals surface area contributed by atoms with Gasteiger partial charge < -0.3 is 10.2 Å². The van der Waals surface area contributed by atoms with Gasteiger partial charge >= 0.3 is 0 Å². The Balaban J connectivity index is 1.82. The third kappa shape index (κ3) is 4.72. The standard InChI is InChI=1S/C22H21Cl2N3O2S/c23-15-7-9-19(24)18(10-15)20-13-30-22(26-16-4-2-1-3-5-16)27(20)25-12-14-6-8-17(28)11-21(14)29/h6-13,16,28-29H,1-5H2. The molecular formula is C22H21Cl2N3O2S. The number of aromatic nitrogens is 1. The number of phenols is 2. The Morgan fingerprint density at radius 2 is 1.83 bits per heavy atom. The SMILES string of the molecule is Oc1ccc(C=Nn2c(-c3cc(Cl)ccc3Cl)csc2=NC2CCCCC2)c(O)c1. The maximum Gasteiger partial charge on any atom is 0.206 e. The lowest BCUT2D eigenvalue weighted by Crippen LogP contribution is -2.19. The van der Waals surface area contributed by atoms with E-state index in [1.165, 1.54) is 42.7 Å². The molecule has 1 fully saturated rings. The second kappa shape index (κ2) is 9.25. The average molecular weight is 462 g/mol. The summed E-state index contributed by atoms with van der Waals surface area (Å²) in [5, 5.41) is 27.3. The summed E-state index contributed by atoms with van der Waals surface area (Å²) in [6.07, 6.45) is 7.34. The summed E-state index contributed by atoms with van der Waals surface area (Å²) in [5.41, 5.74) is 2.02. The van der Waals surface area contributed by atoms with Crippen LogP contribution < -0.4 is 4.80 Å². The third-order valence-electron chi connectivity index (χ3n) is 5.08. The Morgan fingerprint density at radius 1 is 1.03 bits per heavy atom. The first kappa shape index (κ1) is 21.0. The molecule has 1 saturated carbocycles. The number of benzene rings is 2. The lowest BCUT2D eigenvalue weighted by atomic mass is 9.96. The van der Waals surface area contributed by atoms with Gasteiger partial charge in [0.25, 0.3) is 0 Å². The first-order valence-electron chi connectivity index (χ1n) is 9.77. The van der Waals surface area contributed by atoms with Gasteiger partial charge in [-0.3, -0.25) is 4.99 Å². The predicted octanol–water partition coefficient (Wildman–Crippen LogP) is 6.05. The molecule has 5 nitrogen and oxygen atoms in total. The van der Waals surface area contributed by atoms with E-state index in [9.17, 15) is 10.2 Å². The van der Waals surface area contributed by atoms with Crippen LogP contribution in [0.1, 0.15) is 37.7 Å². The number of hydrogen-bond donors (Lipinski definition) is 2. The normalized spacial score (nSPS) is 15.9. The summed E-state index contributed by atoms with van der Waals surface area (Å²) in [4.78, 5) is 5.72. The van der Waals surface area contributed by atoms with Crippen LogP contribution in [0.15, 0.2) is 51.9 Å². The van der Waals surface area contributed by atoms with Gasteiger partial charge in [0, 0.05) is 27.6 Å². The minimum absolute atomic E-state index is 0.00720. The highest BCUT2D eigenvalue weighted by Crippen LogP contribution is 2.31. The van der Waals surface area contributed by atoms with Crippen LogP contribution in [0.4, 0.5) is 0 Å². The van der Waals surface area contributed by atoms with Crippen molar-refractivity contribution in [3.63, 3.8) is 0 Å². The molecule has 0 radical (unpaired) electrons. The Kier molecular flexibility index (Phi) is 6.46. The molecule has 30 heavy (non-hydrogen) atoms. The van der Waals surface area contributed by atoms with Crippen molar-refractivity contribution in [2.75, 3.05) is 0 Å². The van der Waals surface area contributed by atoms with Gasteiger partial charge in [0.15, 0.2) is 0 Å². The molecule has 8 heteroatoms. The average Bonchev–Trinajstić information content (AvgIpc) is 3.12. The Bertz CT molecular complexity index is 1150. The van der Waals surface area contributed by atoms with Crippen LogP contribution in [0, 0.1) is 0 Å². The molecule has 2 aromatic carbocycles. The Morgan fingerprint density at radius 3 is 2.60 bits per heavy atom. The number of hydrogen-bond acceptors (Lipinski definition) is 5. The van der Waals surface area contributed by atoms with Gasteiger partial charge in [-0.1, -0.05) is 42.5 Å². The monoisotopic (exact) mass is 461 g/mol. The topological polar surface area (TPSA) is 70.1 Å². The van der Waals surface area contributed by atoms with Crippen LogP contribution >= 0.6 is 34.5 Å². The summed E-state index contributed by atoms with van der Waals surface area (Å²) in [6, 6.07) is 9.97. The molecule has 0 amide bonds. The molecule has 1 heterocycles. The quantitative estimate of drug-likeness (QED) is 0.464. The van der Waals surface area contributed by atoms with Crippen LogP contribution in [0.25, 0.3) is 11.3 Å². The molecule has 2 N–H and O–H groups in total. The molecule has 4 rings (SSSR count). The van der Waals surface area contributed by atoms with E-state index in [-0.39, 0.29) is 17.5 Å². The third-order valence-corrected chi connectivity index (χ3v) is 6.48. The number of aromatic hydroxyl groups is 2. The van der Waals surface area contributed by atoms with Crippen molar-refractivity contribution in [2.24, 2.45) is 10.1 Å². The second-order valence-corrected chi connectivity index (χ2v) is 8.93. The zero-order valence-electron chi connectivity index (χ0n) is 16.1. The molecule has 1 aliphatic carbocycles. The van der Waals surface area contributed by atoms with Crippen molar-refractivity contribution in [1.29, 1.82) is 0 Å². The van der Waals surface area contributed by atoms with Crippen molar-refractivity contribution in [1.82, 2.24) is 4.68 Å². The highest BCUT2D eigenvalue weighted by atomic mass is 35.5. The molecule has 0 saturated heterocycles. The van der Waals surface area contributed by atoms with E-state index in [4.69, 9.17) is 28.2 Å². The van der Waals surface area contributed by atoms with Crippen molar-refractivity contribution >= 4 is 40.8 Å². The molecule has 0 aliphatic heterocycles. The van der Waals surface area contributed by atoms with E-state index < -0.39 is 0 Å². The molecule has 0 unspecified atom stereocenters. The summed E-state index contributed by atoms with van der Waals surface area (Å²) in [7, 11) is 0. The van der Waals surface area contributed by atoms with E-state index in [0.29, 0.717) is 15.6 Å². The predicted molar refractivity (Wildman–Crippen MR) is 123 cm³/mol. The van der Waals surface area contributed by atoms with Crippen LogP contribution in [-0.4, -0.2) is 27.1 Å². The van der Waals surface area contributed by atoms with Crippen molar-refractivity contribution in [3.05, 3.63) is 62.2 Å². The minimum atomic E-state index is -0.0531. The summed E-state index contributed by atoms with van der Waals surface area (Å²) >= 11 is 14.2. The highest BCUT2D eigenvalue weighted by Gasteiger charge is 2.15. The second-order valence-electron chi connectivity index (χ2n) is 7.25. The zero-order chi connectivity index (χ0) is 21.1. The van der Waals surface area contributed by atoms with Crippen molar-refractivity contribution < 1.29 is 10.2 Å². The minimum Gasteiger partial charge on any atom is -0.508 e. The molecule has 0 spiro atoms. The van der Waals surface area contributed by atoms with Crippen LogP contribution in [-0.2, 0) is 0 Å². The lowest BCUT2D eigenvalue weighted by molar-refractivity contribution is 0.435. The van der Waals surface area contributed by atoms with E-state index in [0.717, 1.165) is 28.9 Å². The maximum atomic E-state index is 10.1. The van der Waals surface area contributed by atoms with Gasteiger partial charge in [-0.05, 0) is 43.2 Å². The number of nitrogens with zero attached hydrogens (tertiary/aromatic N) is 3. The lowest BCUT2D eigenvalue weighted by Gasteiger charge is -2.16. The van der Waals surface area contributed by atoms with Crippen LogP contribution in [0.2, 0.25) is 10.0 Å². The number of phenolic OH excluding ortho intramolecular Hbond substituents is 2. The van der Waals surface area contributed by atoms with Crippen molar-refractivity contribution in [2.45, 2.75) is 38.1 Å². The van der Waals surface area contributed by atoms with Gasteiger partial charge in [-0.2, -0.15) is 5.10 Å². The van der Waals surface area contributed by atoms with Gasteiger partial charge in [0.1, 0.15) is 11.5 Å². The smallest absolute Gasteiger partial charge is 0.206 e. The Labute approximate surface area is 188 Å². The van der Waals surface area contributed by atoms with E-state index in [2.05, 4.69) is 5.10 Å². The first-order chi connectivity index (χ1) is 14.5. The molecule has 1 aromatic heterocycles. The fourth-order valence-corrected chi connectivity index (χ4v) is 4.79. The molecule has 156 valence electrons. The Hall–Kier alpha value is -2.28. The number of thiazole rings is 1. The molecular weight excluding hydrogens is 441 g/mol. The number of rotatable bonds is 4. The summed E-state index contributed by atoms with van der Waals surface area (Å²) < 4.78 is 1.74. The first-order valence-corrected chi connectivity index (χ1v) is 11.4. The zero-order valence-corrected chi connectivity index (χ0v) is 18.5.